The zero-order valence-corrected chi connectivity index (χ0v) is 21.8. The molecule has 0 unspecified atom stereocenters. The van der Waals surface area contributed by atoms with E-state index in [0.29, 0.717) is 5.69 Å². The van der Waals surface area contributed by atoms with E-state index in [9.17, 15) is 32.7 Å². The van der Waals surface area contributed by atoms with Crippen LogP contribution in [0.1, 0.15) is 21.6 Å². The predicted molar refractivity (Wildman–Crippen MR) is 138 cm³/mol. The molecular formula is C26H20ClF2N2O7P. The number of carbonyl (C=O) groups is 1. The summed E-state index contributed by atoms with van der Waals surface area (Å²) in [6, 6.07) is 11.3. The van der Waals surface area contributed by atoms with Gasteiger partial charge in [0.2, 0.25) is 0 Å². The van der Waals surface area contributed by atoms with Crippen molar-refractivity contribution < 1.29 is 37.4 Å². The molecule has 0 aliphatic rings. The molecule has 2 N–H and O–H groups in total. The number of hydrogen-bond acceptors (Lipinski definition) is 6. The Bertz CT molecular complexity index is 1660. The highest BCUT2D eigenvalue weighted by Gasteiger charge is 2.23. The van der Waals surface area contributed by atoms with Crippen LogP contribution in [0.4, 0.5) is 8.78 Å². The van der Waals surface area contributed by atoms with Crippen molar-refractivity contribution in [2.24, 2.45) is 0 Å². The van der Waals surface area contributed by atoms with Gasteiger partial charge in [-0.1, -0.05) is 17.7 Å². The van der Waals surface area contributed by atoms with Gasteiger partial charge >= 0.3 is 7.60 Å². The number of halogens is 3. The van der Waals surface area contributed by atoms with Crippen molar-refractivity contribution in [1.82, 2.24) is 9.55 Å². The van der Waals surface area contributed by atoms with Crippen molar-refractivity contribution >= 4 is 25.0 Å². The average Bonchev–Trinajstić information content (AvgIpc) is 2.87. The first-order chi connectivity index (χ1) is 18.4. The van der Waals surface area contributed by atoms with Crippen LogP contribution in [0.2, 0.25) is 5.02 Å². The van der Waals surface area contributed by atoms with Crippen molar-refractivity contribution in [2.45, 2.75) is 13.3 Å². The molecule has 0 saturated heterocycles. The molecule has 0 fully saturated rings. The zero-order valence-electron chi connectivity index (χ0n) is 20.2. The number of aryl methyl sites for hydroxylation is 1. The minimum absolute atomic E-state index is 0.164. The molecule has 2 aromatic carbocycles. The summed E-state index contributed by atoms with van der Waals surface area (Å²) in [6.45, 7) is 1.66. The van der Waals surface area contributed by atoms with Crippen molar-refractivity contribution in [3.05, 3.63) is 111 Å². The van der Waals surface area contributed by atoms with Gasteiger partial charge in [0.05, 0.1) is 5.69 Å². The number of aromatic nitrogens is 2. The van der Waals surface area contributed by atoms with Crippen LogP contribution in [0.15, 0.2) is 71.8 Å². The minimum Gasteiger partial charge on any atom is -0.480 e. The zero-order chi connectivity index (χ0) is 28.3. The van der Waals surface area contributed by atoms with E-state index in [4.69, 9.17) is 21.1 Å². The lowest BCUT2D eigenvalue weighted by molar-refractivity contribution is 0.0987. The fourth-order valence-electron chi connectivity index (χ4n) is 3.59. The van der Waals surface area contributed by atoms with E-state index >= 15 is 0 Å². The summed E-state index contributed by atoms with van der Waals surface area (Å²) in [6.07, 6.45) is 1.14. The molecule has 0 amide bonds. The molecule has 0 atom stereocenters. The quantitative estimate of drug-likeness (QED) is 0.205. The van der Waals surface area contributed by atoms with E-state index in [2.05, 4.69) is 4.98 Å². The highest BCUT2D eigenvalue weighted by Crippen LogP contribution is 2.35. The van der Waals surface area contributed by atoms with Gasteiger partial charge in [0.15, 0.2) is 23.7 Å². The van der Waals surface area contributed by atoms with Crippen LogP contribution >= 0.6 is 19.2 Å². The first-order valence-electron chi connectivity index (χ1n) is 11.2. The van der Waals surface area contributed by atoms with Crippen molar-refractivity contribution in [2.75, 3.05) is 6.35 Å². The summed E-state index contributed by atoms with van der Waals surface area (Å²) in [7, 11) is -4.65. The van der Waals surface area contributed by atoms with Crippen LogP contribution in [0.3, 0.4) is 0 Å². The molecular weight excluding hydrogens is 557 g/mol. The Morgan fingerprint density at radius 3 is 2.44 bits per heavy atom. The second-order valence-corrected chi connectivity index (χ2v) is 10.3. The Balaban J connectivity index is 1.65. The lowest BCUT2D eigenvalue weighted by atomic mass is 10.0. The topological polar surface area (TPSA) is 128 Å². The van der Waals surface area contributed by atoms with Gasteiger partial charge < -0.3 is 19.3 Å². The van der Waals surface area contributed by atoms with Crippen molar-refractivity contribution in [1.29, 1.82) is 0 Å². The molecule has 202 valence electrons. The minimum atomic E-state index is -4.65. The van der Waals surface area contributed by atoms with Crippen LogP contribution in [-0.4, -0.2) is 31.5 Å². The maximum absolute atomic E-state index is 14.8. The molecule has 4 rings (SSSR count). The number of Topliss-reactive ketones (excluding diaryl/α,β-unsaturated/α-hetero) is 1. The molecule has 9 nitrogen and oxygen atoms in total. The van der Waals surface area contributed by atoms with Gasteiger partial charge in [-0.15, -0.1) is 0 Å². The molecule has 2 aromatic heterocycles. The summed E-state index contributed by atoms with van der Waals surface area (Å²) in [4.78, 5) is 48.9. The van der Waals surface area contributed by atoms with E-state index < -0.39 is 48.9 Å². The summed E-state index contributed by atoms with van der Waals surface area (Å²) in [5.74, 6) is -2.50. The van der Waals surface area contributed by atoms with Crippen LogP contribution < -0.4 is 15.0 Å². The largest absolute Gasteiger partial charge is 0.480 e. The van der Waals surface area contributed by atoms with Gasteiger partial charge in [0.1, 0.15) is 27.9 Å². The van der Waals surface area contributed by atoms with Gasteiger partial charge in [-0.25, -0.2) is 8.78 Å². The Kier molecular flexibility index (Phi) is 8.27. The molecule has 0 radical (unpaired) electrons. The first kappa shape index (κ1) is 28.1. The monoisotopic (exact) mass is 576 g/mol. The predicted octanol–water partition coefficient (Wildman–Crippen LogP) is 5.20. The molecule has 4 aromatic rings. The summed E-state index contributed by atoms with van der Waals surface area (Å²) < 4.78 is 51.2. The molecule has 0 bridgehead atoms. The van der Waals surface area contributed by atoms with E-state index in [1.165, 1.54) is 48.8 Å². The summed E-state index contributed by atoms with van der Waals surface area (Å²) in [5, 5.41) is 0.209. The first-order valence-corrected chi connectivity index (χ1v) is 13.4. The van der Waals surface area contributed by atoms with Crippen molar-refractivity contribution in [3.8, 4) is 22.9 Å². The van der Waals surface area contributed by atoms with Crippen LogP contribution in [0.5, 0.6) is 17.2 Å². The summed E-state index contributed by atoms with van der Waals surface area (Å²) >= 11 is 6.15. The lowest BCUT2D eigenvalue weighted by Gasteiger charge is -2.14. The lowest BCUT2D eigenvalue weighted by Crippen LogP contribution is -2.27. The van der Waals surface area contributed by atoms with E-state index in [-0.39, 0.29) is 33.5 Å². The number of hydrogen-bond donors (Lipinski definition) is 2. The third kappa shape index (κ3) is 6.76. The SMILES string of the molecule is Cc1nccc(Oc2ccc(CC(=O)c3c(OCP(=O)(O)O)ccn(-c4ccc(F)cc4)c3=O)cc2F)c1Cl. The highest BCUT2D eigenvalue weighted by molar-refractivity contribution is 7.51. The van der Waals surface area contributed by atoms with E-state index in [0.717, 1.165) is 22.8 Å². The number of benzene rings is 2. The molecule has 39 heavy (non-hydrogen) atoms. The molecule has 2 heterocycles. The van der Waals surface area contributed by atoms with Gasteiger partial charge in [0, 0.05) is 30.6 Å². The molecule has 0 spiro atoms. The molecule has 0 aliphatic carbocycles. The number of ketones is 1. The highest BCUT2D eigenvalue weighted by atomic mass is 35.5. The van der Waals surface area contributed by atoms with Crippen molar-refractivity contribution in [3.63, 3.8) is 0 Å². The standard InChI is InChI=1S/C26H20ClF2N2O7P/c1-15-25(27)23(8-10-30-15)38-21-7-2-16(12-19(21)29)13-20(32)24-22(37-14-39(34,35)36)9-11-31(26(24)33)18-5-3-17(28)4-6-18/h2-12H,13-14H2,1H3,(H2,34,35,36). The number of ether oxygens (including phenoxy) is 2. The third-order valence-electron chi connectivity index (χ3n) is 5.43. The van der Waals surface area contributed by atoms with Crippen LogP contribution in [0.25, 0.3) is 5.69 Å². The fourth-order valence-corrected chi connectivity index (χ4v) is 4.05. The van der Waals surface area contributed by atoms with E-state index in [1.54, 1.807) is 6.92 Å². The average molecular weight is 577 g/mol. The van der Waals surface area contributed by atoms with E-state index in [1.807, 2.05) is 0 Å². The second kappa shape index (κ2) is 11.5. The van der Waals surface area contributed by atoms with Gasteiger partial charge in [-0.2, -0.15) is 0 Å². The van der Waals surface area contributed by atoms with Gasteiger partial charge in [0.25, 0.3) is 5.56 Å². The number of pyridine rings is 2. The Morgan fingerprint density at radius 2 is 1.77 bits per heavy atom. The third-order valence-corrected chi connectivity index (χ3v) is 6.36. The smallest absolute Gasteiger partial charge is 0.362 e. The maximum Gasteiger partial charge on any atom is 0.362 e. The number of rotatable bonds is 9. The van der Waals surface area contributed by atoms with Gasteiger partial charge in [-0.3, -0.25) is 23.7 Å². The molecule has 0 saturated carbocycles. The number of nitrogens with zero attached hydrogens (tertiary/aromatic N) is 2. The second-order valence-electron chi connectivity index (χ2n) is 8.32. The summed E-state index contributed by atoms with van der Waals surface area (Å²) in [5.41, 5.74) is -0.496. The van der Waals surface area contributed by atoms with Crippen LogP contribution in [0, 0.1) is 18.6 Å². The Hall–Kier alpha value is -3.89. The van der Waals surface area contributed by atoms with Gasteiger partial charge in [-0.05, 0) is 55.0 Å². The Labute approximate surface area is 225 Å². The fraction of sp³-hybridized carbons (Fsp3) is 0.115. The number of carbonyl (C=O) groups excluding carboxylic acids is 1. The maximum atomic E-state index is 14.8. The Morgan fingerprint density at radius 1 is 1.05 bits per heavy atom. The normalized spacial score (nSPS) is 11.3. The van der Waals surface area contributed by atoms with Crippen LogP contribution in [-0.2, 0) is 11.0 Å². The molecule has 13 heteroatoms. The molecule has 0 aliphatic heterocycles.